The molecule has 7 nitrogen and oxygen atoms in total. The van der Waals surface area contributed by atoms with E-state index in [1.807, 2.05) is 37.3 Å². The molecule has 0 bridgehead atoms. The number of halogens is 1. The fourth-order valence-electron chi connectivity index (χ4n) is 3.34. The number of carbonyl (C=O) groups excluding carboxylic acids is 2. The second-order valence-electron chi connectivity index (χ2n) is 7.53. The van der Waals surface area contributed by atoms with Crippen molar-refractivity contribution in [3.05, 3.63) is 113 Å². The summed E-state index contributed by atoms with van der Waals surface area (Å²) in [6.45, 7) is 2.39. The van der Waals surface area contributed by atoms with Crippen molar-refractivity contribution in [3.8, 4) is 0 Å². The molecule has 0 aliphatic carbocycles. The fraction of sp³-hybridized carbons (Fsp3) is 0.0769. The molecule has 4 rings (SSSR count). The molecule has 2 N–H and O–H groups in total. The van der Waals surface area contributed by atoms with Crippen LogP contribution in [0.1, 0.15) is 27.2 Å². The Morgan fingerprint density at radius 1 is 1.00 bits per heavy atom. The molecule has 4 aromatic rings. The van der Waals surface area contributed by atoms with E-state index in [0.29, 0.717) is 34.2 Å². The van der Waals surface area contributed by atoms with Crippen LogP contribution < -0.4 is 10.6 Å². The summed E-state index contributed by atoms with van der Waals surface area (Å²) in [7, 11) is 0. The SMILES string of the molecule is Cc1nn(Cc2ccccc2)c(Cl)c1/C=C/C(=O)Nc1cccc(NC(=O)c2cccnc2)c1. The Morgan fingerprint density at radius 2 is 1.76 bits per heavy atom. The highest BCUT2D eigenvalue weighted by atomic mass is 35.5. The van der Waals surface area contributed by atoms with Crippen molar-refractivity contribution in [2.45, 2.75) is 13.5 Å². The molecule has 0 radical (unpaired) electrons. The van der Waals surface area contributed by atoms with E-state index < -0.39 is 0 Å². The molecule has 2 aromatic heterocycles. The normalized spacial score (nSPS) is 10.9. The third kappa shape index (κ3) is 5.76. The highest BCUT2D eigenvalue weighted by molar-refractivity contribution is 6.31. The van der Waals surface area contributed by atoms with Crippen LogP contribution in [-0.2, 0) is 11.3 Å². The predicted octanol–water partition coefficient (Wildman–Crippen LogP) is 5.19. The molecule has 0 saturated heterocycles. The molecule has 0 aliphatic rings. The number of carbonyl (C=O) groups is 2. The van der Waals surface area contributed by atoms with Gasteiger partial charge in [0.25, 0.3) is 5.91 Å². The van der Waals surface area contributed by atoms with Gasteiger partial charge in [-0.05, 0) is 48.9 Å². The number of hydrogen-bond acceptors (Lipinski definition) is 4. The first kappa shape index (κ1) is 22.9. The molecule has 0 spiro atoms. The number of hydrogen-bond donors (Lipinski definition) is 2. The van der Waals surface area contributed by atoms with Gasteiger partial charge in [-0.2, -0.15) is 5.10 Å². The molecule has 170 valence electrons. The largest absolute Gasteiger partial charge is 0.322 e. The number of anilines is 2. The first-order chi connectivity index (χ1) is 16.5. The van der Waals surface area contributed by atoms with Gasteiger partial charge in [-0.15, -0.1) is 0 Å². The highest BCUT2D eigenvalue weighted by Crippen LogP contribution is 2.23. The molecule has 2 aromatic carbocycles. The monoisotopic (exact) mass is 471 g/mol. The zero-order valence-electron chi connectivity index (χ0n) is 18.4. The maximum Gasteiger partial charge on any atom is 0.257 e. The van der Waals surface area contributed by atoms with E-state index in [2.05, 4.69) is 20.7 Å². The number of amides is 2. The van der Waals surface area contributed by atoms with Crippen LogP contribution in [0.2, 0.25) is 5.15 Å². The van der Waals surface area contributed by atoms with Crippen molar-refractivity contribution in [2.75, 3.05) is 10.6 Å². The second kappa shape index (κ2) is 10.6. The lowest BCUT2D eigenvalue weighted by atomic mass is 10.2. The Kier molecular flexibility index (Phi) is 7.15. The van der Waals surface area contributed by atoms with Crippen molar-refractivity contribution in [1.82, 2.24) is 14.8 Å². The summed E-state index contributed by atoms with van der Waals surface area (Å²) in [4.78, 5) is 28.8. The van der Waals surface area contributed by atoms with E-state index in [4.69, 9.17) is 11.6 Å². The fourth-order valence-corrected chi connectivity index (χ4v) is 3.63. The van der Waals surface area contributed by atoms with Gasteiger partial charge in [0.1, 0.15) is 5.15 Å². The number of pyridine rings is 1. The number of aryl methyl sites for hydroxylation is 1. The van der Waals surface area contributed by atoms with Crippen LogP contribution in [-0.4, -0.2) is 26.6 Å². The van der Waals surface area contributed by atoms with E-state index in [1.165, 1.54) is 12.3 Å². The summed E-state index contributed by atoms with van der Waals surface area (Å²) in [5.41, 5.74) is 4.03. The maximum atomic E-state index is 12.5. The lowest BCUT2D eigenvalue weighted by molar-refractivity contribution is -0.111. The van der Waals surface area contributed by atoms with Gasteiger partial charge < -0.3 is 10.6 Å². The molecule has 8 heteroatoms. The summed E-state index contributed by atoms with van der Waals surface area (Å²) < 4.78 is 1.71. The molecule has 2 amide bonds. The van der Waals surface area contributed by atoms with Gasteiger partial charge in [-0.25, -0.2) is 4.68 Å². The van der Waals surface area contributed by atoms with Crippen LogP contribution in [0.4, 0.5) is 11.4 Å². The quantitative estimate of drug-likeness (QED) is 0.363. The van der Waals surface area contributed by atoms with Gasteiger partial charge in [0.15, 0.2) is 0 Å². The standard InChI is InChI=1S/C26H22ClN5O2/c1-18-23(25(27)32(31-18)17-19-7-3-2-4-8-19)12-13-24(33)29-21-10-5-11-22(15-21)30-26(34)20-9-6-14-28-16-20/h2-16H,17H2,1H3,(H,29,33)(H,30,34)/b13-12+. The van der Waals surface area contributed by atoms with E-state index in [1.54, 1.807) is 53.4 Å². The molecule has 0 unspecified atom stereocenters. The molecule has 34 heavy (non-hydrogen) atoms. The zero-order chi connectivity index (χ0) is 23.9. The first-order valence-electron chi connectivity index (χ1n) is 10.6. The van der Waals surface area contributed by atoms with Gasteiger partial charge in [0.05, 0.1) is 17.8 Å². The van der Waals surface area contributed by atoms with Gasteiger partial charge >= 0.3 is 0 Å². The van der Waals surface area contributed by atoms with Crippen molar-refractivity contribution in [2.24, 2.45) is 0 Å². The zero-order valence-corrected chi connectivity index (χ0v) is 19.2. The lowest BCUT2D eigenvalue weighted by Crippen LogP contribution is -2.13. The highest BCUT2D eigenvalue weighted by Gasteiger charge is 2.12. The van der Waals surface area contributed by atoms with Crippen LogP contribution in [0, 0.1) is 6.92 Å². The summed E-state index contributed by atoms with van der Waals surface area (Å²) in [6, 6.07) is 20.2. The molecular weight excluding hydrogens is 450 g/mol. The number of benzene rings is 2. The summed E-state index contributed by atoms with van der Waals surface area (Å²) in [6.07, 6.45) is 6.14. The van der Waals surface area contributed by atoms with E-state index in [0.717, 1.165) is 11.3 Å². The number of rotatable bonds is 7. The van der Waals surface area contributed by atoms with Gasteiger partial charge in [-0.1, -0.05) is 48.0 Å². The minimum atomic E-state index is -0.331. The number of nitrogens with one attached hydrogen (secondary N) is 2. The summed E-state index contributed by atoms with van der Waals surface area (Å²) >= 11 is 6.52. The molecule has 0 aliphatic heterocycles. The molecule has 0 fully saturated rings. The second-order valence-corrected chi connectivity index (χ2v) is 7.89. The molecule has 0 saturated carbocycles. The average molecular weight is 472 g/mol. The van der Waals surface area contributed by atoms with Gasteiger partial charge in [-0.3, -0.25) is 14.6 Å². The van der Waals surface area contributed by atoms with Crippen LogP contribution in [0.5, 0.6) is 0 Å². The van der Waals surface area contributed by atoms with Gasteiger partial charge in [0, 0.05) is 35.4 Å². The topological polar surface area (TPSA) is 88.9 Å². The summed E-state index contributed by atoms with van der Waals surface area (Å²) in [5, 5.41) is 10.5. The van der Waals surface area contributed by atoms with Crippen molar-refractivity contribution < 1.29 is 9.59 Å². The Bertz CT molecular complexity index is 1330. The Labute approximate surface area is 202 Å². The van der Waals surface area contributed by atoms with E-state index >= 15 is 0 Å². The minimum absolute atomic E-state index is 0.283. The van der Waals surface area contributed by atoms with Crippen molar-refractivity contribution >= 4 is 40.9 Å². The van der Waals surface area contributed by atoms with Crippen molar-refractivity contribution in [3.63, 3.8) is 0 Å². The smallest absolute Gasteiger partial charge is 0.257 e. The maximum absolute atomic E-state index is 12.5. The first-order valence-corrected chi connectivity index (χ1v) is 10.9. The van der Waals surface area contributed by atoms with Crippen molar-refractivity contribution in [1.29, 1.82) is 0 Å². The number of nitrogens with zero attached hydrogens (tertiary/aromatic N) is 3. The predicted molar refractivity (Wildman–Crippen MR) is 134 cm³/mol. The van der Waals surface area contributed by atoms with E-state index in [-0.39, 0.29) is 11.8 Å². The number of aromatic nitrogens is 3. The third-order valence-corrected chi connectivity index (χ3v) is 5.40. The third-order valence-electron chi connectivity index (χ3n) is 5.00. The molecule has 0 atom stereocenters. The minimum Gasteiger partial charge on any atom is -0.322 e. The van der Waals surface area contributed by atoms with Crippen LogP contribution in [0.15, 0.2) is 85.2 Å². The Hall–Kier alpha value is -4.23. The molecular formula is C26H22ClN5O2. The average Bonchev–Trinajstić information content (AvgIpc) is 3.11. The van der Waals surface area contributed by atoms with Crippen LogP contribution >= 0.6 is 11.6 Å². The van der Waals surface area contributed by atoms with E-state index in [9.17, 15) is 9.59 Å². The molecule has 2 heterocycles. The van der Waals surface area contributed by atoms with Crippen LogP contribution in [0.25, 0.3) is 6.08 Å². The lowest BCUT2D eigenvalue weighted by Gasteiger charge is -2.08. The Morgan fingerprint density at radius 3 is 2.50 bits per heavy atom. The van der Waals surface area contributed by atoms with Crippen LogP contribution in [0.3, 0.4) is 0 Å². The summed E-state index contributed by atoms with van der Waals surface area (Å²) in [5.74, 6) is -0.615. The van der Waals surface area contributed by atoms with Gasteiger partial charge in [0.2, 0.25) is 5.91 Å². The Balaban J connectivity index is 1.41.